The van der Waals surface area contributed by atoms with E-state index in [1.165, 1.54) is 0 Å². The second-order valence-corrected chi connectivity index (χ2v) is 4.06. The summed E-state index contributed by atoms with van der Waals surface area (Å²) in [7, 11) is 1.63. The van der Waals surface area contributed by atoms with Crippen molar-refractivity contribution < 1.29 is 4.74 Å². The summed E-state index contributed by atoms with van der Waals surface area (Å²) in [6, 6.07) is 11.3. The van der Waals surface area contributed by atoms with Gasteiger partial charge >= 0.3 is 0 Å². The van der Waals surface area contributed by atoms with Gasteiger partial charge in [-0.15, -0.1) is 0 Å². The molecule has 0 bridgehead atoms. The maximum atomic E-state index is 5.62. The van der Waals surface area contributed by atoms with Crippen molar-refractivity contribution in [2.45, 2.75) is 0 Å². The Hall–Kier alpha value is -2.14. The van der Waals surface area contributed by atoms with Gasteiger partial charge in [-0.05, 0) is 36.4 Å². The third-order valence-electron chi connectivity index (χ3n) is 2.41. The Morgan fingerprint density at radius 2 is 2.00 bits per heavy atom. The Balaban J connectivity index is 2.25. The molecule has 0 saturated carbocycles. The van der Waals surface area contributed by atoms with Gasteiger partial charge in [-0.3, -0.25) is 4.98 Å². The first kappa shape index (κ1) is 12.3. The highest BCUT2D eigenvalue weighted by Gasteiger charge is 2.05. The predicted octanol–water partition coefficient (Wildman–Crippen LogP) is 2.47. The van der Waals surface area contributed by atoms with Gasteiger partial charge in [-0.25, -0.2) is 0 Å². The summed E-state index contributed by atoms with van der Waals surface area (Å²) < 4.78 is 5.10. The largest absolute Gasteiger partial charge is 0.497 e. The minimum absolute atomic E-state index is 0.270. The van der Waals surface area contributed by atoms with E-state index in [0.717, 1.165) is 17.1 Å². The molecule has 4 nitrogen and oxygen atoms in total. The van der Waals surface area contributed by atoms with Crippen molar-refractivity contribution in [3.05, 3.63) is 48.3 Å². The average molecular weight is 259 g/mol. The monoisotopic (exact) mass is 259 g/mol. The third-order valence-corrected chi connectivity index (χ3v) is 2.60. The highest BCUT2D eigenvalue weighted by Crippen LogP contribution is 2.21. The van der Waals surface area contributed by atoms with Crippen LogP contribution >= 0.6 is 12.2 Å². The zero-order valence-corrected chi connectivity index (χ0v) is 10.7. The van der Waals surface area contributed by atoms with Gasteiger partial charge in [0.05, 0.1) is 12.8 Å². The van der Waals surface area contributed by atoms with Crippen molar-refractivity contribution in [3.63, 3.8) is 0 Å². The van der Waals surface area contributed by atoms with Crippen LogP contribution in [0.1, 0.15) is 5.69 Å². The second kappa shape index (κ2) is 5.46. The van der Waals surface area contributed by atoms with Crippen LogP contribution in [0.15, 0.2) is 42.6 Å². The Labute approximate surface area is 111 Å². The molecule has 0 spiro atoms. The summed E-state index contributed by atoms with van der Waals surface area (Å²) in [5.41, 5.74) is 7.91. The number of rotatable bonds is 4. The molecule has 0 saturated heterocycles. The molecular formula is C13H13N3OS. The number of methoxy groups -OCH3 is 1. The fourth-order valence-corrected chi connectivity index (χ4v) is 1.70. The number of hydrogen-bond donors (Lipinski definition) is 2. The SMILES string of the molecule is COc1ccc(Nc2cccnc2C(N)=S)cc1. The molecule has 0 aliphatic heterocycles. The van der Waals surface area contributed by atoms with Crippen LogP contribution in [-0.2, 0) is 0 Å². The standard InChI is InChI=1S/C13H13N3OS/c1-17-10-6-4-9(5-7-10)16-11-3-2-8-15-12(11)13(14)18/h2-8,16H,1H3,(H2,14,18). The molecule has 0 unspecified atom stereocenters. The van der Waals surface area contributed by atoms with Crippen molar-refractivity contribution in [1.29, 1.82) is 0 Å². The maximum absolute atomic E-state index is 5.62. The number of ether oxygens (including phenoxy) is 1. The topological polar surface area (TPSA) is 60.2 Å². The van der Waals surface area contributed by atoms with Gasteiger partial charge in [0.15, 0.2) is 0 Å². The Morgan fingerprint density at radius 3 is 2.61 bits per heavy atom. The molecule has 0 atom stereocenters. The lowest BCUT2D eigenvalue weighted by Gasteiger charge is -2.10. The van der Waals surface area contributed by atoms with Gasteiger partial charge in [0, 0.05) is 11.9 Å². The minimum Gasteiger partial charge on any atom is -0.497 e. The molecule has 2 aromatic rings. The highest BCUT2D eigenvalue weighted by molar-refractivity contribution is 7.80. The lowest BCUT2D eigenvalue weighted by Crippen LogP contribution is -2.13. The number of nitrogens with one attached hydrogen (secondary N) is 1. The summed E-state index contributed by atoms with van der Waals surface area (Å²) in [5, 5.41) is 3.22. The fourth-order valence-electron chi connectivity index (χ4n) is 1.53. The summed E-state index contributed by atoms with van der Waals surface area (Å²) in [4.78, 5) is 4.42. The molecule has 0 fully saturated rings. The van der Waals surface area contributed by atoms with Crippen LogP contribution in [-0.4, -0.2) is 17.1 Å². The van der Waals surface area contributed by atoms with Crippen molar-refractivity contribution in [3.8, 4) is 5.75 Å². The highest BCUT2D eigenvalue weighted by atomic mass is 32.1. The van der Waals surface area contributed by atoms with E-state index in [1.54, 1.807) is 13.3 Å². The van der Waals surface area contributed by atoms with Gasteiger partial charge in [0.1, 0.15) is 16.4 Å². The smallest absolute Gasteiger partial charge is 0.124 e. The van der Waals surface area contributed by atoms with Crippen LogP contribution in [0.4, 0.5) is 11.4 Å². The first-order valence-corrected chi connectivity index (χ1v) is 5.77. The lowest BCUT2D eigenvalue weighted by atomic mass is 10.2. The number of anilines is 2. The molecule has 0 aliphatic rings. The van der Waals surface area contributed by atoms with Crippen LogP contribution in [0.25, 0.3) is 0 Å². The number of pyridine rings is 1. The van der Waals surface area contributed by atoms with E-state index in [0.29, 0.717) is 5.69 Å². The molecule has 18 heavy (non-hydrogen) atoms. The van der Waals surface area contributed by atoms with E-state index in [4.69, 9.17) is 22.7 Å². The minimum atomic E-state index is 0.270. The van der Waals surface area contributed by atoms with Crippen LogP contribution < -0.4 is 15.8 Å². The molecule has 1 heterocycles. The quantitative estimate of drug-likeness (QED) is 0.826. The summed E-state index contributed by atoms with van der Waals surface area (Å²) in [6.45, 7) is 0. The summed E-state index contributed by atoms with van der Waals surface area (Å²) >= 11 is 4.96. The first-order chi connectivity index (χ1) is 8.70. The van der Waals surface area contributed by atoms with E-state index in [-0.39, 0.29) is 4.99 Å². The molecular weight excluding hydrogens is 246 g/mol. The number of hydrogen-bond acceptors (Lipinski definition) is 4. The van der Waals surface area contributed by atoms with Gasteiger partial charge in [-0.2, -0.15) is 0 Å². The number of thiocarbonyl (C=S) groups is 1. The molecule has 0 radical (unpaired) electrons. The normalized spacial score (nSPS) is 9.83. The van der Waals surface area contributed by atoms with Crippen LogP contribution in [0.2, 0.25) is 0 Å². The molecule has 3 N–H and O–H groups in total. The molecule has 1 aromatic carbocycles. The van der Waals surface area contributed by atoms with Crippen LogP contribution in [0, 0.1) is 0 Å². The molecule has 2 rings (SSSR count). The van der Waals surface area contributed by atoms with E-state index < -0.39 is 0 Å². The van der Waals surface area contributed by atoms with Crippen molar-refractivity contribution in [2.24, 2.45) is 5.73 Å². The van der Waals surface area contributed by atoms with Crippen molar-refractivity contribution in [1.82, 2.24) is 4.98 Å². The van der Waals surface area contributed by atoms with Crippen molar-refractivity contribution >= 4 is 28.6 Å². The average Bonchev–Trinajstić information content (AvgIpc) is 2.40. The van der Waals surface area contributed by atoms with Gasteiger partial charge < -0.3 is 15.8 Å². The Kier molecular flexibility index (Phi) is 3.74. The second-order valence-electron chi connectivity index (χ2n) is 3.62. The predicted molar refractivity (Wildman–Crippen MR) is 76.4 cm³/mol. The summed E-state index contributed by atoms with van der Waals surface area (Å²) in [6.07, 6.45) is 1.66. The lowest BCUT2D eigenvalue weighted by molar-refractivity contribution is 0.415. The zero-order chi connectivity index (χ0) is 13.0. The first-order valence-electron chi connectivity index (χ1n) is 5.36. The fraction of sp³-hybridized carbons (Fsp3) is 0.0769. The number of benzene rings is 1. The van der Waals surface area contributed by atoms with Crippen LogP contribution in [0.3, 0.4) is 0 Å². The molecule has 0 amide bonds. The third kappa shape index (κ3) is 2.75. The van der Waals surface area contributed by atoms with Gasteiger partial charge in [-0.1, -0.05) is 12.2 Å². The van der Waals surface area contributed by atoms with E-state index in [9.17, 15) is 0 Å². The van der Waals surface area contributed by atoms with Gasteiger partial charge in [0.2, 0.25) is 0 Å². The molecule has 92 valence electrons. The maximum Gasteiger partial charge on any atom is 0.124 e. The van der Waals surface area contributed by atoms with E-state index >= 15 is 0 Å². The van der Waals surface area contributed by atoms with Crippen LogP contribution in [0.5, 0.6) is 5.75 Å². The molecule has 0 aliphatic carbocycles. The van der Waals surface area contributed by atoms with E-state index in [2.05, 4.69) is 10.3 Å². The number of nitrogens with two attached hydrogens (primary N) is 1. The zero-order valence-electron chi connectivity index (χ0n) is 9.88. The van der Waals surface area contributed by atoms with Crippen molar-refractivity contribution in [2.75, 3.05) is 12.4 Å². The number of nitrogens with zero attached hydrogens (tertiary/aromatic N) is 1. The summed E-state index contributed by atoms with van der Waals surface area (Å²) in [5.74, 6) is 0.807. The van der Waals surface area contributed by atoms with Gasteiger partial charge in [0.25, 0.3) is 0 Å². The Morgan fingerprint density at radius 1 is 1.28 bits per heavy atom. The Bertz CT molecular complexity index is 554. The molecule has 1 aromatic heterocycles. The van der Waals surface area contributed by atoms with E-state index in [1.807, 2.05) is 36.4 Å². The molecule has 5 heteroatoms. The number of aromatic nitrogens is 1.